The Bertz CT molecular complexity index is 1490. The van der Waals surface area contributed by atoms with E-state index in [2.05, 4.69) is 10.2 Å². The smallest absolute Gasteiger partial charge is 0.267 e. The van der Waals surface area contributed by atoms with Crippen molar-refractivity contribution in [2.45, 2.75) is 46.0 Å². The Hall–Kier alpha value is -3.20. The van der Waals surface area contributed by atoms with Crippen LogP contribution in [0.2, 0.25) is 0 Å². The number of hydrogen-bond donors (Lipinski definition) is 1. The summed E-state index contributed by atoms with van der Waals surface area (Å²) in [6.07, 6.45) is 0.369. The first-order valence-corrected chi connectivity index (χ1v) is 13.3. The molecule has 0 saturated carbocycles. The zero-order valence-corrected chi connectivity index (χ0v) is 22.1. The predicted molar refractivity (Wildman–Crippen MR) is 146 cm³/mol. The molecule has 0 atom stereocenters. The van der Waals surface area contributed by atoms with Gasteiger partial charge >= 0.3 is 0 Å². The fourth-order valence-corrected chi connectivity index (χ4v) is 6.43. The Balaban J connectivity index is 1.50. The monoisotopic (exact) mass is 519 g/mol. The summed E-state index contributed by atoms with van der Waals surface area (Å²) in [5.74, 6) is 0.170. The summed E-state index contributed by atoms with van der Waals surface area (Å²) in [7, 11) is 1.63. The minimum atomic E-state index is -0.724. The number of anilines is 1. The number of pyridine rings is 1. The first-order valence-electron chi connectivity index (χ1n) is 12.5. The van der Waals surface area contributed by atoms with Crippen LogP contribution in [0.25, 0.3) is 21.0 Å². The highest BCUT2D eigenvalue weighted by Gasteiger charge is 2.23. The van der Waals surface area contributed by atoms with Crippen LogP contribution in [0, 0.1) is 6.92 Å². The van der Waals surface area contributed by atoms with E-state index >= 15 is 0 Å². The number of Topliss-reactive ketones (excluding diaryl/α,β-unsaturated/α-hetero) is 1. The van der Waals surface area contributed by atoms with Gasteiger partial charge in [-0.25, -0.2) is 9.37 Å². The molecule has 8 heteroatoms. The number of nitrogens with zero attached hydrogens (tertiary/aromatic N) is 2. The summed E-state index contributed by atoms with van der Waals surface area (Å²) in [6, 6.07) is 13.5. The van der Waals surface area contributed by atoms with Crippen LogP contribution in [0.1, 0.15) is 56.5 Å². The number of rotatable bonds is 7. The number of para-hydroxylation sites is 1. The number of nitrogens with one attached hydrogen (secondary N) is 1. The van der Waals surface area contributed by atoms with Crippen molar-refractivity contribution in [2.24, 2.45) is 0 Å². The second-order valence-corrected chi connectivity index (χ2v) is 10.6. The number of ketones is 1. The predicted octanol–water partition coefficient (Wildman–Crippen LogP) is 6.29. The Morgan fingerprint density at radius 2 is 1.92 bits per heavy atom. The average molecular weight is 520 g/mol. The SMILES string of the molecule is COCc1ccc(C(C)=O)c2sc(C(=O)Nc3cc(CN4CCC(F)CC4)c4ccccc4n3)c(C)c12. The molecule has 3 heterocycles. The molecule has 1 saturated heterocycles. The van der Waals surface area contributed by atoms with Gasteiger partial charge < -0.3 is 10.1 Å². The Kier molecular flexibility index (Phi) is 7.33. The van der Waals surface area contributed by atoms with E-state index in [-0.39, 0.29) is 11.7 Å². The van der Waals surface area contributed by atoms with E-state index in [4.69, 9.17) is 9.72 Å². The number of benzene rings is 2. The molecule has 2 aromatic heterocycles. The lowest BCUT2D eigenvalue weighted by Gasteiger charge is -2.29. The van der Waals surface area contributed by atoms with Crippen molar-refractivity contribution >= 4 is 49.8 Å². The topological polar surface area (TPSA) is 71.5 Å². The van der Waals surface area contributed by atoms with E-state index in [1.54, 1.807) is 13.2 Å². The number of ether oxygens (including phenoxy) is 1. The molecule has 1 N–H and O–H groups in total. The molecule has 6 nitrogen and oxygen atoms in total. The quantitative estimate of drug-likeness (QED) is 0.291. The summed E-state index contributed by atoms with van der Waals surface area (Å²) in [4.78, 5) is 33.3. The van der Waals surface area contributed by atoms with Gasteiger partial charge in [0.2, 0.25) is 0 Å². The van der Waals surface area contributed by atoms with Crippen LogP contribution < -0.4 is 5.32 Å². The maximum atomic E-state index is 13.7. The molecule has 0 unspecified atom stereocenters. The number of likely N-dealkylation sites (tertiary alicyclic amines) is 1. The molecular formula is C29H30FN3O3S. The Labute approximate surface area is 219 Å². The van der Waals surface area contributed by atoms with Crippen LogP contribution in [0.15, 0.2) is 42.5 Å². The summed E-state index contributed by atoms with van der Waals surface area (Å²) < 4.78 is 19.8. The fraction of sp³-hybridized carbons (Fsp3) is 0.345. The van der Waals surface area contributed by atoms with Gasteiger partial charge in [0.05, 0.1) is 17.0 Å². The lowest BCUT2D eigenvalue weighted by molar-refractivity contribution is 0.101. The van der Waals surface area contributed by atoms with Crippen LogP contribution in [0.5, 0.6) is 0 Å². The molecule has 2 aromatic carbocycles. The minimum Gasteiger partial charge on any atom is -0.380 e. The number of carbonyl (C=O) groups is 2. The van der Waals surface area contributed by atoms with E-state index in [1.165, 1.54) is 18.3 Å². The van der Waals surface area contributed by atoms with Crippen LogP contribution in [0.4, 0.5) is 10.2 Å². The zero-order chi connectivity index (χ0) is 26.1. The van der Waals surface area contributed by atoms with Crippen molar-refractivity contribution in [3.8, 4) is 0 Å². The number of halogens is 1. The van der Waals surface area contributed by atoms with E-state index in [1.807, 2.05) is 43.3 Å². The first-order chi connectivity index (χ1) is 17.9. The van der Waals surface area contributed by atoms with Crippen LogP contribution >= 0.6 is 11.3 Å². The van der Waals surface area contributed by atoms with Gasteiger partial charge in [-0.2, -0.15) is 0 Å². The van der Waals surface area contributed by atoms with Gasteiger partial charge in [-0.05, 0) is 61.6 Å². The highest BCUT2D eigenvalue weighted by atomic mass is 32.1. The maximum absolute atomic E-state index is 13.7. The molecule has 0 spiro atoms. The number of carbonyl (C=O) groups excluding carboxylic acids is 2. The molecule has 1 fully saturated rings. The molecule has 1 aliphatic heterocycles. The van der Waals surface area contributed by atoms with Gasteiger partial charge in [-0.15, -0.1) is 11.3 Å². The largest absolute Gasteiger partial charge is 0.380 e. The number of hydrogen-bond acceptors (Lipinski definition) is 6. The molecule has 4 aromatic rings. The lowest BCUT2D eigenvalue weighted by atomic mass is 10.0. The van der Waals surface area contributed by atoms with E-state index < -0.39 is 6.17 Å². The second kappa shape index (κ2) is 10.7. The Morgan fingerprint density at radius 3 is 2.65 bits per heavy atom. The van der Waals surface area contributed by atoms with Crippen molar-refractivity contribution in [1.29, 1.82) is 0 Å². The summed E-state index contributed by atoms with van der Waals surface area (Å²) in [5.41, 5.74) is 4.21. The normalized spacial score (nSPS) is 14.9. The van der Waals surface area contributed by atoms with Crippen molar-refractivity contribution < 1.29 is 18.7 Å². The highest BCUT2D eigenvalue weighted by molar-refractivity contribution is 7.21. The maximum Gasteiger partial charge on any atom is 0.267 e. The average Bonchev–Trinajstić information content (AvgIpc) is 3.23. The molecule has 0 aliphatic carbocycles. The third-order valence-corrected chi connectivity index (χ3v) is 8.33. The Morgan fingerprint density at radius 1 is 1.16 bits per heavy atom. The molecular weight excluding hydrogens is 489 g/mol. The van der Waals surface area contributed by atoms with Crippen molar-refractivity contribution in [1.82, 2.24) is 9.88 Å². The molecule has 37 heavy (non-hydrogen) atoms. The van der Waals surface area contributed by atoms with Gasteiger partial charge in [0.15, 0.2) is 5.78 Å². The van der Waals surface area contributed by atoms with Gasteiger partial charge in [0, 0.05) is 47.8 Å². The molecule has 5 rings (SSSR count). The summed E-state index contributed by atoms with van der Waals surface area (Å²) in [6.45, 7) is 5.93. The minimum absolute atomic E-state index is 0.0418. The number of aryl methyl sites for hydroxylation is 1. The molecule has 192 valence electrons. The fourth-order valence-electron chi connectivity index (χ4n) is 5.12. The highest BCUT2D eigenvalue weighted by Crippen LogP contribution is 2.37. The summed E-state index contributed by atoms with van der Waals surface area (Å²) >= 11 is 1.32. The van der Waals surface area contributed by atoms with Crippen LogP contribution in [-0.4, -0.2) is 47.9 Å². The molecule has 1 aliphatic rings. The second-order valence-electron chi connectivity index (χ2n) is 9.61. The summed E-state index contributed by atoms with van der Waals surface area (Å²) in [5, 5.41) is 4.92. The number of aromatic nitrogens is 1. The third kappa shape index (κ3) is 5.14. The molecule has 1 amide bonds. The molecule has 0 radical (unpaired) electrons. The van der Waals surface area contributed by atoms with Gasteiger partial charge in [0.1, 0.15) is 12.0 Å². The first kappa shape index (κ1) is 25.4. The van der Waals surface area contributed by atoms with Crippen molar-refractivity contribution in [2.75, 3.05) is 25.5 Å². The van der Waals surface area contributed by atoms with Gasteiger partial charge in [-0.1, -0.05) is 24.3 Å². The number of piperidine rings is 1. The third-order valence-electron chi connectivity index (χ3n) is 7.00. The number of amides is 1. The van der Waals surface area contributed by atoms with Gasteiger partial charge in [-0.3, -0.25) is 14.5 Å². The van der Waals surface area contributed by atoms with Crippen molar-refractivity contribution in [3.05, 3.63) is 69.6 Å². The van der Waals surface area contributed by atoms with Gasteiger partial charge in [0.25, 0.3) is 5.91 Å². The standard InChI is InChI=1S/C29H30FN3O3S/c1-17-26-19(16-36-3)8-9-22(18(2)34)28(26)37-27(17)29(35)32-25-14-20(15-33-12-10-21(30)11-13-33)23-6-4-5-7-24(23)31-25/h4-9,14,21H,10-13,15-16H2,1-3H3,(H,31,32,35). The van der Waals surface area contributed by atoms with Crippen LogP contribution in [0.3, 0.4) is 0 Å². The number of alkyl halides is 1. The van der Waals surface area contributed by atoms with Crippen molar-refractivity contribution in [3.63, 3.8) is 0 Å². The van der Waals surface area contributed by atoms with E-state index in [0.29, 0.717) is 55.3 Å². The lowest BCUT2D eigenvalue weighted by Crippen LogP contribution is -2.34. The number of fused-ring (bicyclic) bond motifs is 2. The zero-order valence-electron chi connectivity index (χ0n) is 21.3. The number of methoxy groups -OCH3 is 1. The van der Waals surface area contributed by atoms with E-state index in [0.717, 1.165) is 37.7 Å². The van der Waals surface area contributed by atoms with Crippen LogP contribution in [-0.2, 0) is 17.9 Å². The number of thiophene rings is 1. The molecule has 0 bridgehead atoms. The van der Waals surface area contributed by atoms with E-state index in [9.17, 15) is 14.0 Å².